The van der Waals surface area contributed by atoms with Crippen molar-refractivity contribution in [3.8, 4) is 0 Å². The highest BCUT2D eigenvalue weighted by Crippen LogP contribution is 2.24. The lowest BCUT2D eigenvalue weighted by Crippen LogP contribution is -2.46. The van der Waals surface area contributed by atoms with Crippen LogP contribution in [0.2, 0.25) is 0 Å². The van der Waals surface area contributed by atoms with E-state index < -0.39 is 30.7 Å². The number of carbonyl (C=O) groups is 1. The standard InChI is InChI=1S/C10H17O7/c1-7(2)9(13)15-6-10(4-11,5-12)8(3)16-17-14/h8,11-12H,1,4-6H2,2-3H3. The molecule has 1 radical (unpaired) electrons. The summed E-state index contributed by atoms with van der Waals surface area (Å²) in [6.07, 6.45) is -0.951. The topological polar surface area (TPSA) is 105 Å². The Kier molecular flexibility index (Phi) is 6.93. The minimum Gasteiger partial charge on any atom is -0.461 e. The number of rotatable bonds is 8. The maximum atomic E-state index is 11.2. The van der Waals surface area contributed by atoms with Crippen LogP contribution in [0.25, 0.3) is 0 Å². The zero-order valence-corrected chi connectivity index (χ0v) is 9.84. The van der Waals surface area contributed by atoms with Gasteiger partial charge in [-0.05, 0) is 24.1 Å². The van der Waals surface area contributed by atoms with Gasteiger partial charge in [0.15, 0.2) is 0 Å². The summed E-state index contributed by atoms with van der Waals surface area (Å²) in [5.41, 5.74) is -1.13. The first-order valence-electron chi connectivity index (χ1n) is 4.93. The zero-order valence-electron chi connectivity index (χ0n) is 9.84. The predicted molar refractivity (Wildman–Crippen MR) is 54.7 cm³/mol. The third-order valence-electron chi connectivity index (χ3n) is 2.51. The molecule has 7 heteroatoms. The largest absolute Gasteiger partial charge is 0.461 e. The van der Waals surface area contributed by atoms with Crippen LogP contribution in [0.1, 0.15) is 13.8 Å². The smallest absolute Gasteiger partial charge is 0.333 e. The minimum atomic E-state index is -1.31. The third-order valence-corrected chi connectivity index (χ3v) is 2.51. The maximum absolute atomic E-state index is 11.2. The number of esters is 1. The van der Waals surface area contributed by atoms with Crippen molar-refractivity contribution in [3.63, 3.8) is 0 Å². The van der Waals surface area contributed by atoms with E-state index in [0.717, 1.165) is 0 Å². The van der Waals surface area contributed by atoms with Crippen molar-refractivity contribution in [2.24, 2.45) is 5.41 Å². The Balaban J connectivity index is 4.60. The Morgan fingerprint density at radius 2 is 1.94 bits per heavy atom. The highest BCUT2D eigenvalue weighted by atomic mass is 17.5. The average molecular weight is 249 g/mol. The fourth-order valence-corrected chi connectivity index (χ4v) is 1.01. The highest BCUT2D eigenvalue weighted by Gasteiger charge is 2.39. The Morgan fingerprint density at radius 3 is 2.29 bits per heavy atom. The summed E-state index contributed by atoms with van der Waals surface area (Å²) in [6, 6.07) is 0. The van der Waals surface area contributed by atoms with E-state index >= 15 is 0 Å². The minimum absolute atomic E-state index is 0.184. The van der Waals surface area contributed by atoms with Crippen LogP contribution in [-0.4, -0.2) is 42.1 Å². The van der Waals surface area contributed by atoms with Gasteiger partial charge in [-0.15, -0.1) is 0 Å². The van der Waals surface area contributed by atoms with Gasteiger partial charge in [0.1, 0.15) is 12.7 Å². The normalized spacial score (nSPS) is 13.2. The first-order valence-corrected chi connectivity index (χ1v) is 4.93. The molecule has 0 aliphatic rings. The summed E-state index contributed by atoms with van der Waals surface area (Å²) >= 11 is 0. The van der Waals surface area contributed by atoms with Gasteiger partial charge in [0, 0.05) is 5.57 Å². The predicted octanol–water partition coefficient (Wildman–Crippen LogP) is -0.241. The second-order valence-electron chi connectivity index (χ2n) is 3.84. The van der Waals surface area contributed by atoms with Crippen LogP contribution in [0.4, 0.5) is 0 Å². The maximum Gasteiger partial charge on any atom is 0.333 e. The van der Waals surface area contributed by atoms with E-state index in [1.165, 1.54) is 13.8 Å². The third kappa shape index (κ3) is 4.41. The average Bonchev–Trinajstić information content (AvgIpc) is 2.30. The van der Waals surface area contributed by atoms with Gasteiger partial charge in [0.2, 0.25) is 0 Å². The van der Waals surface area contributed by atoms with Gasteiger partial charge in [-0.1, -0.05) is 6.58 Å². The lowest BCUT2D eigenvalue weighted by atomic mass is 9.85. The fraction of sp³-hybridized carbons (Fsp3) is 0.700. The summed E-state index contributed by atoms with van der Waals surface area (Å²) in [7, 11) is 0. The van der Waals surface area contributed by atoms with Crippen LogP contribution in [0, 0.1) is 5.41 Å². The zero-order chi connectivity index (χ0) is 13.5. The van der Waals surface area contributed by atoms with E-state index in [1.54, 1.807) is 0 Å². The summed E-state index contributed by atoms with van der Waals surface area (Å²) in [5, 5.41) is 31.5. The monoisotopic (exact) mass is 249 g/mol. The molecule has 0 heterocycles. The molecule has 7 nitrogen and oxygen atoms in total. The van der Waals surface area contributed by atoms with Crippen molar-refractivity contribution in [1.29, 1.82) is 0 Å². The molecule has 0 amide bonds. The van der Waals surface area contributed by atoms with Gasteiger partial charge in [0.05, 0.1) is 18.6 Å². The number of ether oxygens (including phenoxy) is 1. The number of hydrogen-bond donors (Lipinski definition) is 2. The van der Waals surface area contributed by atoms with Gasteiger partial charge in [-0.25, -0.2) is 4.79 Å². The van der Waals surface area contributed by atoms with Crippen molar-refractivity contribution < 1.29 is 34.9 Å². The Bertz CT molecular complexity index is 259. The first kappa shape index (κ1) is 16.0. The molecule has 2 N–H and O–H groups in total. The van der Waals surface area contributed by atoms with Crippen LogP contribution in [0.3, 0.4) is 0 Å². The van der Waals surface area contributed by atoms with E-state index in [4.69, 9.17) is 4.74 Å². The molecule has 1 atom stereocenters. The summed E-state index contributed by atoms with van der Waals surface area (Å²) < 4.78 is 4.82. The molecular formula is C10H17O7. The molecule has 17 heavy (non-hydrogen) atoms. The molecular weight excluding hydrogens is 232 g/mol. The highest BCUT2D eigenvalue weighted by molar-refractivity contribution is 5.86. The quantitative estimate of drug-likeness (QED) is 0.266. The fourth-order valence-electron chi connectivity index (χ4n) is 1.01. The molecule has 0 aromatic heterocycles. The molecule has 1 unspecified atom stereocenters. The first-order chi connectivity index (χ1) is 7.93. The molecule has 0 saturated carbocycles. The lowest BCUT2D eigenvalue weighted by Gasteiger charge is -2.32. The summed E-state index contributed by atoms with van der Waals surface area (Å²) in [6.45, 7) is 4.83. The molecule has 99 valence electrons. The molecule has 0 fully saturated rings. The van der Waals surface area contributed by atoms with Gasteiger partial charge >= 0.3 is 5.97 Å². The van der Waals surface area contributed by atoms with E-state index in [0.29, 0.717) is 0 Å². The van der Waals surface area contributed by atoms with Gasteiger partial charge in [0.25, 0.3) is 0 Å². The molecule has 0 aliphatic carbocycles. The van der Waals surface area contributed by atoms with Gasteiger partial charge < -0.3 is 14.9 Å². The summed E-state index contributed by atoms with van der Waals surface area (Å²) in [5.74, 6) is -0.661. The molecule has 0 spiro atoms. The van der Waals surface area contributed by atoms with E-state index in [-0.39, 0.29) is 12.2 Å². The van der Waals surface area contributed by atoms with E-state index in [2.05, 4.69) is 16.5 Å². The molecule has 0 saturated heterocycles. The number of aliphatic hydroxyl groups is 2. The van der Waals surface area contributed by atoms with Crippen molar-refractivity contribution in [1.82, 2.24) is 0 Å². The van der Waals surface area contributed by atoms with Crippen molar-refractivity contribution in [2.45, 2.75) is 20.0 Å². The molecule has 0 aromatic carbocycles. The van der Waals surface area contributed by atoms with Crippen LogP contribution < -0.4 is 0 Å². The Hall–Kier alpha value is -0.990. The van der Waals surface area contributed by atoms with Gasteiger partial charge in [-0.3, -0.25) is 0 Å². The SMILES string of the molecule is C=C(C)C(=O)OCC(CO)(CO)C(C)OO[O]. The number of hydrogen-bond acceptors (Lipinski definition) is 6. The van der Waals surface area contributed by atoms with Gasteiger partial charge in [-0.2, -0.15) is 4.89 Å². The van der Waals surface area contributed by atoms with Crippen molar-refractivity contribution >= 4 is 5.97 Å². The second-order valence-corrected chi connectivity index (χ2v) is 3.84. The molecule has 0 bridgehead atoms. The number of aliphatic hydroxyl groups excluding tert-OH is 2. The van der Waals surface area contributed by atoms with Crippen LogP contribution in [0.15, 0.2) is 12.2 Å². The molecule has 0 rings (SSSR count). The molecule has 0 aromatic rings. The lowest BCUT2D eigenvalue weighted by molar-refractivity contribution is -0.547. The van der Waals surface area contributed by atoms with Crippen LogP contribution >= 0.6 is 0 Å². The molecule has 0 aliphatic heterocycles. The van der Waals surface area contributed by atoms with E-state index in [1.807, 2.05) is 0 Å². The van der Waals surface area contributed by atoms with Crippen LogP contribution in [-0.2, 0) is 24.7 Å². The Labute approximate surface area is 99.1 Å². The second kappa shape index (κ2) is 7.36. The van der Waals surface area contributed by atoms with Crippen LogP contribution in [0.5, 0.6) is 0 Å². The Morgan fingerprint density at radius 1 is 1.41 bits per heavy atom. The van der Waals surface area contributed by atoms with Crippen molar-refractivity contribution in [2.75, 3.05) is 19.8 Å². The van der Waals surface area contributed by atoms with E-state index in [9.17, 15) is 20.3 Å². The number of carbonyl (C=O) groups excluding carboxylic acids is 1. The summed E-state index contributed by atoms with van der Waals surface area (Å²) in [4.78, 5) is 15.5. The van der Waals surface area contributed by atoms with Crippen molar-refractivity contribution in [3.05, 3.63) is 12.2 Å².